The van der Waals surface area contributed by atoms with Crippen LogP contribution in [0.25, 0.3) is 0 Å². The molecule has 5 nitrogen and oxygen atoms in total. The second-order valence-electron chi connectivity index (χ2n) is 8.09. The summed E-state index contributed by atoms with van der Waals surface area (Å²) in [7, 11) is 0. The first-order valence-electron chi connectivity index (χ1n) is 9.81. The Morgan fingerprint density at radius 2 is 1.96 bits per heavy atom. The summed E-state index contributed by atoms with van der Waals surface area (Å²) < 4.78 is 5.21. The molecular weight excluding hydrogens is 314 g/mol. The Morgan fingerprint density at radius 3 is 2.60 bits per heavy atom. The fourth-order valence-electron chi connectivity index (χ4n) is 4.22. The van der Waals surface area contributed by atoms with E-state index in [0.29, 0.717) is 23.3 Å². The molecule has 0 spiro atoms. The molecule has 2 saturated heterocycles. The van der Waals surface area contributed by atoms with Gasteiger partial charge in [-0.1, -0.05) is 0 Å². The van der Waals surface area contributed by atoms with Crippen molar-refractivity contribution in [1.82, 2.24) is 15.1 Å². The van der Waals surface area contributed by atoms with Gasteiger partial charge in [-0.15, -0.1) is 0 Å². The van der Waals surface area contributed by atoms with Crippen molar-refractivity contribution in [3.05, 3.63) is 23.7 Å². The van der Waals surface area contributed by atoms with E-state index in [2.05, 4.69) is 29.0 Å². The number of nitrogens with one attached hydrogen (secondary N) is 1. The van der Waals surface area contributed by atoms with Gasteiger partial charge in [-0.3, -0.25) is 4.79 Å². The highest BCUT2D eigenvalue weighted by Crippen LogP contribution is 2.23. The lowest BCUT2D eigenvalue weighted by molar-refractivity contribution is 0.0944. The fourth-order valence-corrected chi connectivity index (χ4v) is 4.22. The lowest BCUT2D eigenvalue weighted by Crippen LogP contribution is -2.41. The van der Waals surface area contributed by atoms with Crippen LogP contribution in [0.3, 0.4) is 0 Å². The highest BCUT2D eigenvalue weighted by atomic mass is 16.3. The molecule has 1 N–H and O–H groups in total. The van der Waals surface area contributed by atoms with Crippen molar-refractivity contribution in [2.75, 3.05) is 39.3 Å². The number of nitrogens with zero attached hydrogens (tertiary/aromatic N) is 2. The average molecular weight is 348 g/mol. The molecule has 3 rings (SSSR count). The summed E-state index contributed by atoms with van der Waals surface area (Å²) in [4.78, 5) is 17.4. The molecule has 2 aliphatic heterocycles. The minimum atomic E-state index is -0.00856. The Hall–Kier alpha value is -1.33. The van der Waals surface area contributed by atoms with Gasteiger partial charge >= 0.3 is 0 Å². The largest absolute Gasteiger partial charge is 0.469 e. The molecule has 5 heteroatoms. The number of likely N-dealkylation sites (tertiary alicyclic amines) is 2. The Morgan fingerprint density at radius 1 is 1.24 bits per heavy atom. The maximum atomic E-state index is 12.2. The summed E-state index contributed by atoms with van der Waals surface area (Å²) in [5.41, 5.74) is 0.659. The number of furan rings is 1. The summed E-state index contributed by atoms with van der Waals surface area (Å²) in [6, 6.07) is 2.43. The Labute approximate surface area is 151 Å². The van der Waals surface area contributed by atoms with E-state index in [9.17, 15) is 4.79 Å². The second kappa shape index (κ2) is 8.37. The molecule has 0 aliphatic carbocycles. The predicted octanol–water partition coefficient (Wildman–Crippen LogP) is 2.76. The standard InChI is InChI=1S/C20H33N3O2/c1-15(2)23-9-5-17(6-10-23)13-22-8-4-18(14-22)12-21-20(24)19-7-11-25-16(19)3/h7,11,15,17-18H,4-6,8-10,12-14H2,1-3H3,(H,21,24)/t18-/m0/s1. The van der Waals surface area contributed by atoms with Crippen LogP contribution in [0.2, 0.25) is 0 Å². The van der Waals surface area contributed by atoms with E-state index >= 15 is 0 Å². The SMILES string of the molecule is Cc1occc1C(=O)NC[C@@H]1CCN(CC2CCN(C(C)C)CC2)C1. The third-order valence-corrected chi connectivity index (χ3v) is 5.92. The van der Waals surface area contributed by atoms with E-state index in [1.54, 1.807) is 12.3 Å². The summed E-state index contributed by atoms with van der Waals surface area (Å²) in [5, 5.41) is 3.08. The number of hydrogen-bond acceptors (Lipinski definition) is 4. The van der Waals surface area contributed by atoms with E-state index in [1.165, 1.54) is 45.4 Å². The zero-order valence-corrected chi connectivity index (χ0v) is 16.0. The van der Waals surface area contributed by atoms with E-state index in [4.69, 9.17) is 4.42 Å². The molecule has 1 amide bonds. The summed E-state index contributed by atoms with van der Waals surface area (Å²) in [6.45, 7) is 13.2. The van der Waals surface area contributed by atoms with Gasteiger partial charge in [0, 0.05) is 25.7 Å². The molecule has 0 saturated carbocycles. The van der Waals surface area contributed by atoms with Gasteiger partial charge in [0.2, 0.25) is 0 Å². The second-order valence-corrected chi connectivity index (χ2v) is 8.09. The first-order valence-corrected chi connectivity index (χ1v) is 9.81. The number of aryl methyl sites for hydroxylation is 1. The van der Waals surface area contributed by atoms with Gasteiger partial charge in [-0.05, 0) is 77.6 Å². The van der Waals surface area contributed by atoms with Gasteiger partial charge in [0.05, 0.1) is 11.8 Å². The first-order chi connectivity index (χ1) is 12.0. The molecule has 1 atom stereocenters. The minimum absolute atomic E-state index is 0.00856. The summed E-state index contributed by atoms with van der Waals surface area (Å²) >= 11 is 0. The van der Waals surface area contributed by atoms with Crippen LogP contribution in [-0.2, 0) is 0 Å². The lowest BCUT2D eigenvalue weighted by Gasteiger charge is -2.36. The zero-order valence-electron chi connectivity index (χ0n) is 16.0. The van der Waals surface area contributed by atoms with Crippen LogP contribution >= 0.6 is 0 Å². The molecule has 1 aromatic heterocycles. The minimum Gasteiger partial charge on any atom is -0.469 e. The maximum absolute atomic E-state index is 12.2. The van der Waals surface area contributed by atoms with Gasteiger partial charge in [0.15, 0.2) is 0 Å². The van der Waals surface area contributed by atoms with Crippen molar-refractivity contribution < 1.29 is 9.21 Å². The fraction of sp³-hybridized carbons (Fsp3) is 0.750. The zero-order chi connectivity index (χ0) is 17.8. The molecule has 0 aromatic carbocycles. The monoisotopic (exact) mass is 347 g/mol. The smallest absolute Gasteiger partial charge is 0.254 e. The molecule has 0 bridgehead atoms. The van der Waals surface area contributed by atoms with Gasteiger partial charge < -0.3 is 19.5 Å². The number of amides is 1. The topological polar surface area (TPSA) is 48.7 Å². The number of carbonyl (C=O) groups is 1. The quantitative estimate of drug-likeness (QED) is 0.860. The van der Waals surface area contributed by atoms with Gasteiger partial charge in [0.1, 0.15) is 5.76 Å². The molecule has 0 radical (unpaired) electrons. The van der Waals surface area contributed by atoms with Gasteiger partial charge in [-0.2, -0.15) is 0 Å². The van der Waals surface area contributed by atoms with Crippen LogP contribution < -0.4 is 5.32 Å². The van der Waals surface area contributed by atoms with Crippen molar-refractivity contribution in [3.63, 3.8) is 0 Å². The van der Waals surface area contributed by atoms with Gasteiger partial charge in [-0.25, -0.2) is 0 Å². The Kier molecular flexibility index (Phi) is 6.18. The third kappa shape index (κ3) is 4.85. The van der Waals surface area contributed by atoms with Crippen LogP contribution in [0.1, 0.15) is 49.2 Å². The van der Waals surface area contributed by atoms with Gasteiger partial charge in [0.25, 0.3) is 5.91 Å². The molecule has 0 unspecified atom stereocenters. The first kappa shape index (κ1) is 18.5. The van der Waals surface area contributed by atoms with Crippen molar-refractivity contribution in [2.24, 2.45) is 11.8 Å². The van der Waals surface area contributed by atoms with E-state index < -0.39 is 0 Å². The van der Waals surface area contributed by atoms with Crippen molar-refractivity contribution in [2.45, 2.75) is 46.1 Å². The molecular formula is C20H33N3O2. The van der Waals surface area contributed by atoms with Crippen LogP contribution in [-0.4, -0.2) is 61.0 Å². The van der Waals surface area contributed by atoms with E-state index in [-0.39, 0.29) is 5.91 Å². The highest BCUT2D eigenvalue weighted by molar-refractivity contribution is 5.95. The highest BCUT2D eigenvalue weighted by Gasteiger charge is 2.27. The molecule has 2 fully saturated rings. The molecule has 140 valence electrons. The number of piperidine rings is 1. The van der Waals surface area contributed by atoms with Crippen LogP contribution in [0.15, 0.2) is 16.7 Å². The average Bonchev–Trinajstić information content (AvgIpc) is 3.22. The van der Waals surface area contributed by atoms with Crippen molar-refractivity contribution >= 4 is 5.91 Å². The molecule has 2 aliphatic rings. The Bertz CT molecular complexity index is 561. The summed E-state index contributed by atoms with van der Waals surface area (Å²) in [6.07, 6.45) is 5.42. The number of carbonyl (C=O) groups excluding carboxylic acids is 1. The van der Waals surface area contributed by atoms with E-state index in [1.807, 2.05) is 6.92 Å². The van der Waals surface area contributed by atoms with Crippen LogP contribution in [0, 0.1) is 18.8 Å². The number of hydrogen-bond donors (Lipinski definition) is 1. The van der Waals surface area contributed by atoms with Crippen molar-refractivity contribution in [1.29, 1.82) is 0 Å². The predicted molar refractivity (Wildman–Crippen MR) is 99.8 cm³/mol. The maximum Gasteiger partial charge on any atom is 0.254 e. The van der Waals surface area contributed by atoms with Crippen LogP contribution in [0.4, 0.5) is 0 Å². The Balaban J connectivity index is 1.36. The van der Waals surface area contributed by atoms with Crippen molar-refractivity contribution in [3.8, 4) is 0 Å². The molecule has 1 aromatic rings. The van der Waals surface area contributed by atoms with Crippen LogP contribution in [0.5, 0.6) is 0 Å². The molecule has 3 heterocycles. The third-order valence-electron chi connectivity index (χ3n) is 5.92. The van der Waals surface area contributed by atoms with E-state index in [0.717, 1.165) is 19.0 Å². The molecule has 25 heavy (non-hydrogen) atoms. The summed E-state index contributed by atoms with van der Waals surface area (Å²) in [5.74, 6) is 2.10. The lowest BCUT2D eigenvalue weighted by atomic mass is 9.95. The number of rotatable bonds is 6. The normalized spacial score (nSPS) is 23.4.